The van der Waals surface area contributed by atoms with Gasteiger partial charge in [-0.25, -0.2) is 0 Å². The maximum atomic E-state index is 12.7. The molecule has 0 aliphatic heterocycles. The van der Waals surface area contributed by atoms with Gasteiger partial charge < -0.3 is 5.32 Å². The molecule has 0 spiro atoms. The molecule has 0 aliphatic carbocycles. The number of halogens is 1. The van der Waals surface area contributed by atoms with Crippen LogP contribution in [0.25, 0.3) is 17.0 Å². The normalized spacial score (nSPS) is 10.8. The molecule has 1 N–H and O–H groups in total. The molecule has 3 heterocycles. The van der Waals surface area contributed by atoms with E-state index in [1.165, 1.54) is 6.20 Å². The maximum absolute atomic E-state index is 12.7. The quantitative estimate of drug-likeness (QED) is 0.613. The van der Waals surface area contributed by atoms with Crippen LogP contribution in [0.15, 0.2) is 61.2 Å². The first-order valence-electron chi connectivity index (χ1n) is 7.39. The molecule has 25 heavy (non-hydrogen) atoms. The van der Waals surface area contributed by atoms with Crippen LogP contribution in [0, 0.1) is 0 Å². The molecule has 3 aromatic heterocycles. The van der Waals surface area contributed by atoms with Gasteiger partial charge >= 0.3 is 0 Å². The molecule has 0 saturated carbocycles. The summed E-state index contributed by atoms with van der Waals surface area (Å²) in [6.45, 7) is 0. The Hall–Kier alpha value is -3.32. The lowest BCUT2D eigenvalue weighted by molar-refractivity contribution is 0.102. The summed E-state index contributed by atoms with van der Waals surface area (Å²) in [6, 6.07) is 10.6. The average Bonchev–Trinajstić information content (AvgIpc) is 3.06. The standard InChI is InChI=1S/C17H11ClN6O/c18-12-4-1-5-13(7-12)21-17(25)14-9-20-10-15-22-23-16(24(14)15)11-3-2-6-19-8-11/h1-10H,(H,21,25). The number of anilines is 1. The third kappa shape index (κ3) is 2.92. The zero-order chi connectivity index (χ0) is 17.2. The van der Waals surface area contributed by atoms with Crippen molar-refractivity contribution in [3.63, 3.8) is 0 Å². The number of carbonyl (C=O) groups excluding carboxylic acids is 1. The average molecular weight is 351 g/mol. The van der Waals surface area contributed by atoms with Crippen molar-refractivity contribution >= 4 is 28.8 Å². The molecule has 1 aromatic carbocycles. The predicted molar refractivity (Wildman–Crippen MR) is 93.4 cm³/mol. The lowest BCUT2D eigenvalue weighted by Crippen LogP contribution is -2.16. The minimum atomic E-state index is -0.342. The SMILES string of the molecule is O=C(Nc1cccc(Cl)c1)c1cncc2nnc(-c3cccnc3)n12. The van der Waals surface area contributed by atoms with Gasteiger partial charge in [0.05, 0.1) is 12.4 Å². The van der Waals surface area contributed by atoms with Crippen LogP contribution in [-0.2, 0) is 0 Å². The predicted octanol–water partition coefficient (Wildman–Crippen LogP) is 3.09. The Morgan fingerprint density at radius 3 is 2.76 bits per heavy atom. The Labute approximate surface area is 147 Å². The molecule has 0 aliphatic rings. The Morgan fingerprint density at radius 2 is 1.96 bits per heavy atom. The second-order valence-electron chi connectivity index (χ2n) is 5.22. The van der Waals surface area contributed by atoms with E-state index < -0.39 is 0 Å². The summed E-state index contributed by atoms with van der Waals surface area (Å²) in [6.07, 6.45) is 6.34. The largest absolute Gasteiger partial charge is 0.321 e. The van der Waals surface area contributed by atoms with Crippen LogP contribution in [0.2, 0.25) is 5.02 Å². The highest BCUT2D eigenvalue weighted by molar-refractivity contribution is 6.30. The number of fused-ring (bicyclic) bond motifs is 1. The van der Waals surface area contributed by atoms with Crippen molar-refractivity contribution in [3.8, 4) is 11.4 Å². The highest BCUT2D eigenvalue weighted by Gasteiger charge is 2.17. The highest BCUT2D eigenvalue weighted by Crippen LogP contribution is 2.20. The summed E-state index contributed by atoms with van der Waals surface area (Å²) >= 11 is 5.96. The molecule has 4 aromatic rings. The third-order valence-corrected chi connectivity index (χ3v) is 3.79. The summed E-state index contributed by atoms with van der Waals surface area (Å²) in [4.78, 5) is 20.9. The van der Waals surface area contributed by atoms with Gasteiger partial charge in [-0.05, 0) is 30.3 Å². The Balaban J connectivity index is 1.79. The van der Waals surface area contributed by atoms with Crippen LogP contribution >= 0.6 is 11.6 Å². The van der Waals surface area contributed by atoms with Crippen LogP contribution < -0.4 is 5.32 Å². The minimum absolute atomic E-state index is 0.307. The van der Waals surface area contributed by atoms with Crippen LogP contribution in [-0.4, -0.2) is 30.5 Å². The van der Waals surface area contributed by atoms with Crippen molar-refractivity contribution in [1.82, 2.24) is 24.6 Å². The van der Waals surface area contributed by atoms with Gasteiger partial charge in [0.25, 0.3) is 5.91 Å². The summed E-state index contributed by atoms with van der Waals surface area (Å²) in [7, 11) is 0. The first kappa shape index (κ1) is 15.2. The fourth-order valence-electron chi connectivity index (χ4n) is 2.45. The number of hydrogen-bond donors (Lipinski definition) is 1. The molecular formula is C17H11ClN6O. The molecule has 0 atom stereocenters. The summed E-state index contributed by atoms with van der Waals surface area (Å²) in [5.74, 6) is 0.173. The number of pyridine rings is 1. The van der Waals surface area contributed by atoms with Crippen molar-refractivity contribution in [2.45, 2.75) is 0 Å². The summed E-state index contributed by atoms with van der Waals surface area (Å²) in [5, 5.41) is 11.6. The van der Waals surface area contributed by atoms with Gasteiger partial charge in [0, 0.05) is 28.7 Å². The zero-order valence-corrected chi connectivity index (χ0v) is 13.6. The van der Waals surface area contributed by atoms with Gasteiger partial charge in [0.1, 0.15) is 5.69 Å². The molecule has 1 amide bonds. The van der Waals surface area contributed by atoms with Crippen LogP contribution in [0.1, 0.15) is 10.5 Å². The van der Waals surface area contributed by atoms with Gasteiger partial charge in [-0.1, -0.05) is 17.7 Å². The number of nitrogens with zero attached hydrogens (tertiary/aromatic N) is 5. The molecule has 0 unspecified atom stereocenters. The number of carbonyl (C=O) groups is 1. The number of hydrogen-bond acceptors (Lipinski definition) is 5. The summed E-state index contributed by atoms with van der Waals surface area (Å²) < 4.78 is 1.64. The van der Waals surface area contributed by atoms with E-state index >= 15 is 0 Å². The van der Waals surface area contributed by atoms with E-state index in [1.807, 2.05) is 6.07 Å². The van der Waals surface area contributed by atoms with Gasteiger partial charge in [0.15, 0.2) is 11.5 Å². The monoisotopic (exact) mass is 350 g/mol. The maximum Gasteiger partial charge on any atom is 0.274 e. The molecule has 0 saturated heterocycles. The van der Waals surface area contributed by atoms with Crippen molar-refractivity contribution in [2.24, 2.45) is 0 Å². The molecule has 0 radical (unpaired) electrons. The smallest absolute Gasteiger partial charge is 0.274 e. The second kappa shape index (κ2) is 6.29. The van der Waals surface area contributed by atoms with Crippen LogP contribution in [0.3, 0.4) is 0 Å². The molecule has 8 heteroatoms. The fraction of sp³-hybridized carbons (Fsp3) is 0. The van der Waals surface area contributed by atoms with Crippen molar-refractivity contribution in [1.29, 1.82) is 0 Å². The van der Waals surface area contributed by atoms with Crippen LogP contribution in [0.4, 0.5) is 5.69 Å². The first-order chi connectivity index (χ1) is 12.2. The minimum Gasteiger partial charge on any atom is -0.321 e. The van der Waals surface area contributed by atoms with E-state index in [2.05, 4.69) is 25.5 Å². The van der Waals surface area contributed by atoms with Gasteiger partial charge in [0.2, 0.25) is 0 Å². The van der Waals surface area contributed by atoms with E-state index in [4.69, 9.17) is 11.6 Å². The van der Waals surface area contributed by atoms with Gasteiger partial charge in [-0.2, -0.15) is 0 Å². The van der Waals surface area contributed by atoms with Crippen LogP contribution in [0.5, 0.6) is 0 Å². The number of benzene rings is 1. The van der Waals surface area contributed by atoms with E-state index in [9.17, 15) is 4.79 Å². The lowest BCUT2D eigenvalue weighted by Gasteiger charge is -2.08. The molecule has 4 rings (SSSR count). The molecule has 0 bridgehead atoms. The number of nitrogens with one attached hydrogen (secondary N) is 1. The van der Waals surface area contributed by atoms with Crippen molar-refractivity contribution in [3.05, 3.63) is 71.9 Å². The Kier molecular flexibility index (Phi) is 3.83. The van der Waals surface area contributed by atoms with Gasteiger partial charge in [-0.3, -0.25) is 19.2 Å². The number of amides is 1. The Morgan fingerprint density at radius 1 is 1.04 bits per heavy atom. The first-order valence-corrected chi connectivity index (χ1v) is 7.76. The zero-order valence-electron chi connectivity index (χ0n) is 12.8. The van der Waals surface area contributed by atoms with E-state index in [0.29, 0.717) is 27.9 Å². The number of aromatic nitrogens is 5. The van der Waals surface area contributed by atoms with Gasteiger partial charge in [-0.15, -0.1) is 10.2 Å². The highest BCUT2D eigenvalue weighted by atomic mass is 35.5. The molecule has 122 valence electrons. The number of rotatable bonds is 3. The Bertz CT molecular complexity index is 1060. The van der Waals surface area contributed by atoms with Crippen molar-refractivity contribution < 1.29 is 4.79 Å². The van der Waals surface area contributed by atoms with E-state index in [-0.39, 0.29) is 5.91 Å². The molecule has 0 fully saturated rings. The second-order valence-corrected chi connectivity index (χ2v) is 5.65. The lowest BCUT2D eigenvalue weighted by atomic mass is 10.2. The molecule has 7 nitrogen and oxygen atoms in total. The molecular weight excluding hydrogens is 340 g/mol. The topological polar surface area (TPSA) is 85.1 Å². The van der Waals surface area contributed by atoms with E-state index in [1.54, 1.807) is 53.3 Å². The van der Waals surface area contributed by atoms with Crippen molar-refractivity contribution in [2.75, 3.05) is 5.32 Å². The van der Waals surface area contributed by atoms with E-state index in [0.717, 1.165) is 5.56 Å². The fourth-order valence-corrected chi connectivity index (χ4v) is 2.64. The summed E-state index contributed by atoms with van der Waals surface area (Å²) in [5.41, 5.74) is 2.11. The third-order valence-electron chi connectivity index (χ3n) is 3.55.